The Morgan fingerprint density at radius 3 is 2.41 bits per heavy atom. The number of nitrogens with zero attached hydrogens (tertiary/aromatic N) is 1. The van der Waals surface area contributed by atoms with Crippen LogP contribution in [-0.2, 0) is 30.2 Å². The van der Waals surface area contributed by atoms with Gasteiger partial charge >= 0.3 is 6.09 Å². The number of aliphatic hydroxyl groups excluding tert-OH is 2. The van der Waals surface area contributed by atoms with Crippen molar-refractivity contribution in [1.82, 2.24) is 4.90 Å². The molecule has 0 aromatic heterocycles. The zero-order valence-electron chi connectivity index (χ0n) is 23.0. The molecule has 3 rings (SSSR count). The summed E-state index contributed by atoms with van der Waals surface area (Å²) in [5.41, 5.74) is 0.995. The molecule has 0 aliphatic carbocycles. The number of hydrogen-bond acceptors (Lipinski definition) is 8. The van der Waals surface area contributed by atoms with Crippen LogP contribution in [0.3, 0.4) is 0 Å². The summed E-state index contributed by atoms with van der Waals surface area (Å²) < 4.78 is 23.8. The summed E-state index contributed by atoms with van der Waals surface area (Å²) >= 11 is 0. The minimum absolute atomic E-state index is 0.116. The number of carbonyl (C=O) groups excluding carboxylic acids is 2. The molecule has 1 aromatic rings. The molecule has 10 atom stereocenters. The molecule has 0 bridgehead atoms. The van der Waals surface area contributed by atoms with Crippen molar-refractivity contribution in [2.24, 2.45) is 29.6 Å². The van der Waals surface area contributed by atoms with Gasteiger partial charge in [0.05, 0.1) is 30.3 Å². The van der Waals surface area contributed by atoms with E-state index < -0.39 is 42.0 Å². The molecule has 0 radical (unpaired) electrons. The topological polar surface area (TPSA) is 115 Å². The highest BCUT2D eigenvalue weighted by atomic mass is 16.7. The Bertz CT molecular complexity index is 913. The summed E-state index contributed by atoms with van der Waals surface area (Å²) in [6, 6.07) is 9.20. The first kappa shape index (κ1) is 29.5. The molecule has 2 aliphatic rings. The number of amides is 2. The van der Waals surface area contributed by atoms with Gasteiger partial charge in [-0.25, -0.2) is 9.69 Å². The van der Waals surface area contributed by atoms with Crippen LogP contribution in [0.25, 0.3) is 0 Å². The highest BCUT2D eigenvalue weighted by Gasteiger charge is 2.59. The third kappa shape index (κ3) is 5.56. The quantitative estimate of drug-likeness (QED) is 0.483. The second-order valence-electron chi connectivity index (χ2n) is 10.7. The summed E-state index contributed by atoms with van der Waals surface area (Å²) in [6.07, 6.45) is -1.93. The van der Waals surface area contributed by atoms with Crippen molar-refractivity contribution in [3.8, 4) is 0 Å². The van der Waals surface area contributed by atoms with Crippen LogP contribution in [0.1, 0.15) is 40.2 Å². The molecule has 2 fully saturated rings. The third-order valence-electron chi connectivity index (χ3n) is 8.49. The van der Waals surface area contributed by atoms with E-state index in [0.717, 1.165) is 5.56 Å². The third-order valence-corrected chi connectivity index (χ3v) is 8.49. The first-order valence-corrected chi connectivity index (χ1v) is 13.1. The molecule has 0 unspecified atom stereocenters. The van der Waals surface area contributed by atoms with Crippen molar-refractivity contribution in [1.29, 1.82) is 0 Å². The Kier molecular flexibility index (Phi) is 9.74. The SMILES string of the molecule is CO[C@H]1[C@@H](C)[C@@H]([C@H](C)[C@@H](O)[C@H](C)CO)O[C@@](OC)([C@H](C)C(=O)N2C(=O)OC[C@@H]2Cc2ccccc2)[C@@H]1C. The summed E-state index contributed by atoms with van der Waals surface area (Å²) in [7, 11) is 3.10. The van der Waals surface area contributed by atoms with Crippen LogP contribution in [0.4, 0.5) is 4.79 Å². The minimum Gasteiger partial charge on any atom is -0.447 e. The molecule has 2 saturated heterocycles. The number of cyclic esters (lactones) is 1. The molecule has 208 valence electrons. The lowest BCUT2D eigenvalue weighted by atomic mass is 9.72. The number of imide groups is 1. The maximum absolute atomic E-state index is 13.9. The molecule has 1 aromatic carbocycles. The zero-order valence-corrected chi connectivity index (χ0v) is 23.0. The van der Waals surface area contributed by atoms with Crippen molar-refractivity contribution in [2.45, 2.75) is 71.2 Å². The Hall–Kier alpha value is -2.04. The summed E-state index contributed by atoms with van der Waals surface area (Å²) in [5.74, 6) is -4.02. The lowest BCUT2D eigenvalue weighted by Crippen LogP contribution is -2.65. The first-order chi connectivity index (χ1) is 17.5. The average molecular weight is 522 g/mol. The van der Waals surface area contributed by atoms with E-state index in [2.05, 4.69) is 0 Å². The van der Waals surface area contributed by atoms with E-state index in [1.165, 1.54) is 12.0 Å². The van der Waals surface area contributed by atoms with Gasteiger partial charge in [0.2, 0.25) is 5.91 Å². The van der Waals surface area contributed by atoms with Crippen LogP contribution in [0, 0.1) is 29.6 Å². The molecule has 2 heterocycles. The predicted molar refractivity (Wildman–Crippen MR) is 136 cm³/mol. The van der Waals surface area contributed by atoms with Crippen LogP contribution in [-0.4, -0.2) is 84.7 Å². The molecular formula is C28H43NO8. The summed E-state index contributed by atoms with van der Waals surface area (Å²) in [5, 5.41) is 20.5. The van der Waals surface area contributed by atoms with Gasteiger partial charge in [-0.3, -0.25) is 4.79 Å². The molecule has 0 saturated carbocycles. The van der Waals surface area contributed by atoms with Gasteiger partial charge in [-0.2, -0.15) is 0 Å². The lowest BCUT2D eigenvalue weighted by Gasteiger charge is -2.54. The number of aliphatic hydroxyl groups is 2. The maximum atomic E-state index is 13.9. The fourth-order valence-electron chi connectivity index (χ4n) is 6.18. The van der Waals surface area contributed by atoms with Gasteiger partial charge < -0.3 is 29.2 Å². The number of benzene rings is 1. The van der Waals surface area contributed by atoms with Gasteiger partial charge in [0.15, 0.2) is 5.79 Å². The molecule has 2 N–H and O–H groups in total. The number of rotatable bonds is 10. The van der Waals surface area contributed by atoms with Crippen molar-refractivity contribution in [2.75, 3.05) is 27.4 Å². The standard InChI is InChI=1S/C28H43NO8/c1-16(14-30)23(31)17(2)24-18(3)25(34-6)19(4)28(35-7,37-24)20(5)26(32)29-22(15-36-27(29)33)13-21-11-9-8-10-12-21/h8-12,16-20,22-25,30-31H,13-15H2,1-7H3/t16-,17-,18+,19-,20-,22+,23+,24-,25+,28-/m1/s1. The van der Waals surface area contributed by atoms with Gasteiger partial charge in [0, 0.05) is 44.5 Å². The zero-order chi connectivity index (χ0) is 27.5. The van der Waals surface area contributed by atoms with Gasteiger partial charge in [-0.1, -0.05) is 58.0 Å². The second-order valence-corrected chi connectivity index (χ2v) is 10.7. The highest BCUT2D eigenvalue weighted by Crippen LogP contribution is 2.47. The van der Waals surface area contributed by atoms with Gasteiger partial charge in [-0.05, 0) is 18.9 Å². The fraction of sp³-hybridized carbons (Fsp3) is 0.714. The number of carbonyl (C=O) groups is 2. The number of hydrogen-bond donors (Lipinski definition) is 2. The van der Waals surface area contributed by atoms with E-state index in [1.807, 2.05) is 51.1 Å². The molecule has 9 nitrogen and oxygen atoms in total. The van der Waals surface area contributed by atoms with Gasteiger partial charge in [0.25, 0.3) is 0 Å². The summed E-state index contributed by atoms with van der Waals surface area (Å²) in [6.45, 7) is 9.18. The van der Waals surface area contributed by atoms with Crippen molar-refractivity contribution in [3.05, 3.63) is 35.9 Å². The number of ether oxygens (including phenoxy) is 4. The van der Waals surface area contributed by atoms with E-state index >= 15 is 0 Å². The molecule has 9 heteroatoms. The maximum Gasteiger partial charge on any atom is 0.416 e. The van der Waals surface area contributed by atoms with E-state index in [0.29, 0.717) is 6.42 Å². The minimum atomic E-state index is -1.43. The van der Waals surface area contributed by atoms with E-state index in [4.69, 9.17) is 18.9 Å². The normalized spacial score (nSPS) is 33.5. The number of methoxy groups -OCH3 is 2. The van der Waals surface area contributed by atoms with Gasteiger partial charge in [-0.15, -0.1) is 0 Å². The fourth-order valence-corrected chi connectivity index (χ4v) is 6.18. The molecule has 37 heavy (non-hydrogen) atoms. The van der Waals surface area contributed by atoms with Crippen LogP contribution in [0.15, 0.2) is 30.3 Å². The van der Waals surface area contributed by atoms with E-state index in [-0.39, 0.29) is 43.0 Å². The monoisotopic (exact) mass is 521 g/mol. The van der Waals surface area contributed by atoms with Gasteiger partial charge in [0.1, 0.15) is 6.61 Å². The van der Waals surface area contributed by atoms with Crippen LogP contribution >= 0.6 is 0 Å². The molecular weight excluding hydrogens is 478 g/mol. The Morgan fingerprint density at radius 1 is 1.19 bits per heavy atom. The molecule has 2 amide bonds. The Balaban J connectivity index is 1.93. The smallest absolute Gasteiger partial charge is 0.416 e. The highest BCUT2D eigenvalue weighted by molar-refractivity contribution is 5.95. The average Bonchev–Trinajstić information content (AvgIpc) is 3.27. The van der Waals surface area contributed by atoms with Crippen molar-refractivity contribution >= 4 is 12.0 Å². The van der Waals surface area contributed by atoms with E-state index in [9.17, 15) is 19.8 Å². The molecule has 2 aliphatic heterocycles. The predicted octanol–water partition coefficient (Wildman–Crippen LogP) is 2.87. The van der Waals surface area contributed by atoms with Crippen molar-refractivity contribution in [3.63, 3.8) is 0 Å². The van der Waals surface area contributed by atoms with E-state index in [1.54, 1.807) is 21.0 Å². The summed E-state index contributed by atoms with van der Waals surface area (Å²) in [4.78, 5) is 27.9. The second kappa shape index (κ2) is 12.2. The lowest BCUT2D eigenvalue weighted by molar-refractivity contribution is -0.355. The van der Waals surface area contributed by atoms with Crippen LogP contribution in [0.2, 0.25) is 0 Å². The van der Waals surface area contributed by atoms with Crippen LogP contribution in [0.5, 0.6) is 0 Å². The van der Waals surface area contributed by atoms with Crippen molar-refractivity contribution < 1.29 is 38.7 Å². The Labute approximate surface area is 220 Å². The molecule has 0 spiro atoms. The first-order valence-electron chi connectivity index (χ1n) is 13.1. The largest absolute Gasteiger partial charge is 0.447 e. The van der Waals surface area contributed by atoms with Crippen LogP contribution < -0.4 is 0 Å². The Morgan fingerprint density at radius 2 is 1.84 bits per heavy atom.